The molecule has 0 amide bonds. The Morgan fingerprint density at radius 1 is 1.11 bits per heavy atom. The second kappa shape index (κ2) is 6.15. The molecule has 0 aliphatic heterocycles. The first-order valence-corrected chi connectivity index (χ1v) is 5.74. The SMILES string of the molecule is CC(CC(C)(C)OOC(C)(C)C)OC(=O)C(=O)O. The molecule has 0 rings (SSSR count). The number of hydrogen-bond acceptors (Lipinski definition) is 5. The quantitative estimate of drug-likeness (QED) is 0.353. The average Bonchev–Trinajstić information content (AvgIpc) is 2.12. The van der Waals surface area contributed by atoms with E-state index in [0.29, 0.717) is 6.42 Å². The summed E-state index contributed by atoms with van der Waals surface area (Å²) in [6, 6.07) is 0. The van der Waals surface area contributed by atoms with E-state index in [9.17, 15) is 9.59 Å². The molecule has 0 aromatic carbocycles. The van der Waals surface area contributed by atoms with Crippen LogP contribution in [0.4, 0.5) is 0 Å². The minimum Gasteiger partial charge on any atom is -0.473 e. The lowest BCUT2D eigenvalue weighted by atomic mass is 10.0. The number of carbonyl (C=O) groups is 2. The number of esters is 1. The van der Waals surface area contributed by atoms with E-state index < -0.39 is 29.2 Å². The fraction of sp³-hybridized carbons (Fsp3) is 0.833. The third kappa shape index (κ3) is 8.03. The number of hydrogen-bond donors (Lipinski definition) is 1. The van der Waals surface area contributed by atoms with Gasteiger partial charge in [-0.2, -0.15) is 0 Å². The molecule has 0 radical (unpaired) electrons. The van der Waals surface area contributed by atoms with Crippen LogP contribution in [-0.4, -0.2) is 34.4 Å². The van der Waals surface area contributed by atoms with Gasteiger partial charge < -0.3 is 9.84 Å². The van der Waals surface area contributed by atoms with Crippen molar-refractivity contribution in [1.82, 2.24) is 0 Å². The summed E-state index contributed by atoms with van der Waals surface area (Å²) in [6.45, 7) is 10.7. The smallest absolute Gasteiger partial charge is 0.417 e. The third-order valence-electron chi connectivity index (χ3n) is 1.78. The van der Waals surface area contributed by atoms with E-state index in [2.05, 4.69) is 0 Å². The molecule has 6 nitrogen and oxygen atoms in total. The van der Waals surface area contributed by atoms with Crippen LogP contribution in [0.5, 0.6) is 0 Å². The van der Waals surface area contributed by atoms with Crippen LogP contribution < -0.4 is 0 Å². The van der Waals surface area contributed by atoms with Gasteiger partial charge in [0.1, 0.15) is 11.7 Å². The molecule has 0 aromatic rings. The molecule has 106 valence electrons. The Balaban J connectivity index is 4.23. The van der Waals surface area contributed by atoms with Gasteiger partial charge in [0.05, 0.1) is 5.60 Å². The van der Waals surface area contributed by atoms with E-state index in [1.807, 2.05) is 20.8 Å². The number of carboxylic acids is 1. The number of aliphatic carboxylic acids is 1. The normalized spacial score (nSPS) is 14.1. The predicted octanol–water partition coefficient (Wildman–Crippen LogP) is 1.92. The number of ether oxygens (including phenoxy) is 1. The number of carboxylic acid groups (broad SMARTS) is 1. The molecule has 6 heteroatoms. The molecule has 0 aromatic heterocycles. The summed E-state index contributed by atoms with van der Waals surface area (Å²) in [6.07, 6.45) is -0.255. The summed E-state index contributed by atoms with van der Waals surface area (Å²) < 4.78 is 4.71. The first-order valence-electron chi connectivity index (χ1n) is 5.74. The van der Waals surface area contributed by atoms with Crippen molar-refractivity contribution in [3.05, 3.63) is 0 Å². The van der Waals surface area contributed by atoms with Crippen molar-refractivity contribution >= 4 is 11.9 Å². The molecule has 0 saturated carbocycles. The van der Waals surface area contributed by atoms with Crippen LogP contribution >= 0.6 is 0 Å². The molecule has 0 bridgehead atoms. The molecule has 0 saturated heterocycles. The summed E-state index contributed by atoms with van der Waals surface area (Å²) in [5.74, 6) is -2.87. The van der Waals surface area contributed by atoms with Gasteiger partial charge in [-0.1, -0.05) is 0 Å². The standard InChI is InChI=1S/C12H22O6/c1-8(16-10(15)9(13)14)7-12(5,6)18-17-11(2,3)4/h8H,7H2,1-6H3,(H,13,14). The molecule has 0 heterocycles. The average molecular weight is 262 g/mol. The predicted molar refractivity (Wildman–Crippen MR) is 63.8 cm³/mol. The minimum atomic E-state index is -1.61. The maximum absolute atomic E-state index is 10.9. The van der Waals surface area contributed by atoms with Gasteiger partial charge in [-0.15, -0.1) is 0 Å². The fourth-order valence-corrected chi connectivity index (χ4v) is 1.24. The van der Waals surface area contributed by atoms with E-state index in [4.69, 9.17) is 19.6 Å². The van der Waals surface area contributed by atoms with Crippen LogP contribution in [0.25, 0.3) is 0 Å². The van der Waals surface area contributed by atoms with E-state index in [-0.39, 0.29) is 0 Å². The van der Waals surface area contributed by atoms with Gasteiger partial charge in [0.25, 0.3) is 0 Å². The van der Waals surface area contributed by atoms with Gasteiger partial charge in [0, 0.05) is 6.42 Å². The van der Waals surface area contributed by atoms with Crippen LogP contribution in [0.1, 0.15) is 48.0 Å². The maximum Gasteiger partial charge on any atom is 0.417 e. The number of carbonyl (C=O) groups excluding carboxylic acids is 1. The minimum absolute atomic E-state index is 0.322. The lowest BCUT2D eigenvalue weighted by Gasteiger charge is -2.30. The summed E-state index contributed by atoms with van der Waals surface area (Å²) in [4.78, 5) is 31.6. The van der Waals surface area contributed by atoms with E-state index in [1.165, 1.54) is 0 Å². The highest BCUT2D eigenvalue weighted by Crippen LogP contribution is 2.22. The second-order valence-corrected chi connectivity index (χ2v) is 5.76. The second-order valence-electron chi connectivity index (χ2n) is 5.76. The lowest BCUT2D eigenvalue weighted by Crippen LogP contribution is -2.35. The Labute approximate surface area is 107 Å². The van der Waals surface area contributed by atoms with Crippen LogP contribution in [0, 0.1) is 0 Å². The van der Waals surface area contributed by atoms with Gasteiger partial charge in [-0.25, -0.2) is 19.4 Å². The zero-order valence-electron chi connectivity index (χ0n) is 11.8. The molecule has 1 unspecified atom stereocenters. The van der Waals surface area contributed by atoms with Gasteiger partial charge in [0.2, 0.25) is 0 Å². The molecule has 18 heavy (non-hydrogen) atoms. The Kier molecular flexibility index (Phi) is 5.76. The van der Waals surface area contributed by atoms with Crippen LogP contribution in [0.3, 0.4) is 0 Å². The lowest BCUT2D eigenvalue weighted by molar-refractivity contribution is -0.399. The van der Waals surface area contributed by atoms with E-state index >= 15 is 0 Å². The highest BCUT2D eigenvalue weighted by Gasteiger charge is 2.28. The summed E-state index contributed by atoms with van der Waals surface area (Å²) in [5, 5.41) is 8.41. The summed E-state index contributed by atoms with van der Waals surface area (Å²) in [5.41, 5.74) is -1.14. The Bertz CT molecular complexity index is 302. The first-order chi connectivity index (χ1) is 7.93. The van der Waals surface area contributed by atoms with Crippen LogP contribution in [0.15, 0.2) is 0 Å². The van der Waals surface area contributed by atoms with Crippen LogP contribution in [0.2, 0.25) is 0 Å². The zero-order chi connectivity index (χ0) is 14.6. The number of rotatable bonds is 5. The fourth-order valence-electron chi connectivity index (χ4n) is 1.24. The first kappa shape index (κ1) is 16.9. The van der Waals surface area contributed by atoms with Crippen molar-refractivity contribution in [2.45, 2.75) is 65.3 Å². The zero-order valence-corrected chi connectivity index (χ0v) is 11.8. The molecule has 0 aliphatic carbocycles. The molecular formula is C12H22O6. The molecule has 1 N–H and O–H groups in total. The van der Waals surface area contributed by atoms with Crippen molar-refractivity contribution in [3.8, 4) is 0 Å². The van der Waals surface area contributed by atoms with Crippen molar-refractivity contribution in [1.29, 1.82) is 0 Å². The Morgan fingerprint density at radius 2 is 1.61 bits per heavy atom. The molecule has 0 aliphatic rings. The largest absolute Gasteiger partial charge is 0.473 e. The molecule has 1 atom stereocenters. The van der Waals surface area contributed by atoms with Crippen LogP contribution in [-0.2, 0) is 24.1 Å². The molecule has 0 spiro atoms. The van der Waals surface area contributed by atoms with Crippen molar-refractivity contribution in [3.63, 3.8) is 0 Å². The van der Waals surface area contributed by atoms with Gasteiger partial charge in [-0.05, 0) is 41.5 Å². The van der Waals surface area contributed by atoms with Gasteiger partial charge in [-0.3, -0.25) is 0 Å². The molecular weight excluding hydrogens is 240 g/mol. The summed E-state index contributed by atoms with van der Waals surface area (Å²) >= 11 is 0. The van der Waals surface area contributed by atoms with Crippen molar-refractivity contribution in [2.75, 3.05) is 0 Å². The molecule has 0 fully saturated rings. The maximum atomic E-state index is 10.9. The van der Waals surface area contributed by atoms with Gasteiger partial charge in [0.15, 0.2) is 0 Å². The van der Waals surface area contributed by atoms with Crippen molar-refractivity contribution < 1.29 is 29.2 Å². The summed E-state index contributed by atoms with van der Waals surface area (Å²) in [7, 11) is 0. The Morgan fingerprint density at radius 3 is 2.00 bits per heavy atom. The van der Waals surface area contributed by atoms with Gasteiger partial charge >= 0.3 is 11.9 Å². The topological polar surface area (TPSA) is 82.1 Å². The monoisotopic (exact) mass is 262 g/mol. The van der Waals surface area contributed by atoms with E-state index in [0.717, 1.165) is 0 Å². The third-order valence-corrected chi connectivity index (χ3v) is 1.78. The Hall–Kier alpha value is -1.14. The highest BCUT2D eigenvalue weighted by atomic mass is 17.2. The highest BCUT2D eigenvalue weighted by molar-refractivity contribution is 6.28. The van der Waals surface area contributed by atoms with Crippen molar-refractivity contribution in [2.24, 2.45) is 0 Å². The van der Waals surface area contributed by atoms with E-state index in [1.54, 1.807) is 20.8 Å².